The van der Waals surface area contributed by atoms with Crippen LogP contribution in [0.15, 0.2) is 41.8 Å². The Bertz CT molecular complexity index is 551. The van der Waals surface area contributed by atoms with Crippen LogP contribution in [0.5, 0.6) is 0 Å². The number of hydrogen-bond donors (Lipinski definition) is 2. The van der Waals surface area contributed by atoms with Crippen LogP contribution in [0.25, 0.3) is 0 Å². The van der Waals surface area contributed by atoms with Gasteiger partial charge in [-0.3, -0.25) is 4.79 Å². The van der Waals surface area contributed by atoms with Crippen LogP contribution in [0.4, 0.5) is 0 Å². The summed E-state index contributed by atoms with van der Waals surface area (Å²) in [6.07, 6.45) is 0.552. The van der Waals surface area contributed by atoms with E-state index in [-0.39, 0.29) is 12.5 Å². The van der Waals surface area contributed by atoms with Crippen LogP contribution < -0.4 is 5.32 Å². The van der Waals surface area contributed by atoms with Gasteiger partial charge in [0.1, 0.15) is 6.10 Å². The van der Waals surface area contributed by atoms with Crippen molar-refractivity contribution in [2.24, 2.45) is 0 Å². The van der Waals surface area contributed by atoms with Gasteiger partial charge in [-0.15, -0.1) is 11.3 Å². The van der Waals surface area contributed by atoms with Gasteiger partial charge in [-0.25, -0.2) is 0 Å². The average molecular weight is 289 g/mol. The van der Waals surface area contributed by atoms with Crippen LogP contribution in [0.3, 0.4) is 0 Å². The van der Waals surface area contributed by atoms with Crippen molar-refractivity contribution >= 4 is 17.2 Å². The van der Waals surface area contributed by atoms with E-state index in [1.54, 1.807) is 0 Å². The van der Waals surface area contributed by atoms with Gasteiger partial charge in [0.05, 0.1) is 0 Å². The first-order valence-corrected chi connectivity index (χ1v) is 7.57. The van der Waals surface area contributed by atoms with Gasteiger partial charge >= 0.3 is 0 Å². The molecule has 0 saturated heterocycles. The van der Waals surface area contributed by atoms with E-state index in [2.05, 4.69) is 5.32 Å². The molecule has 0 fully saturated rings. The van der Waals surface area contributed by atoms with Gasteiger partial charge in [0, 0.05) is 17.8 Å². The van der Waals surface area contributed by atoms with Gasteiger partial charge in [-0.2, -0.15) is 0 Å². The third-order valence-corrected chi connectivity index (χ3v) is 4.30. The van der Waals surface area contributed by atoms with Crippen LogP contribution >= 0.6 is 11.3 Å². The van der Waals surface area contributed by atoms with E-state index in [1.165, 1.54) is 11.3 Å². The summed E-state index contributed by atoms with van der Waals surface area (Å²) in [4.78, 5) is 12.7. The summed E-state index contributed by atoms with van der Waals surface area (Å²) in [5, 5.41) is 14.8. The van der Waals surface area contributed by atoms with E-state index in [4.69, 9.17) is 0 Å². The number of aryl methyl sites for hydroxylation is 2. The first-order valence-electron chi connectivity index (χ1n) is 6.69. The number of carbonyl (C=O) groups excluding carboxylic acids is 1. The minimum absolute atomic E-state index is 0.0258. The van der Waals surface area contributed by atoms with Crippen molar-refractivity contribution in [1.82, 2.24) is 5.32 Å². The molecule has 2 N–H and O–H groups in total. The van der Waals surface area contributed by atoms with Gasteiger partial charge in [0.2, 0.25) is 5.91 Å². The Labute approximate surface area is 123 Å². The van der Waals surface area contributed by atoms with Crippen LogP contribution in [-0.2, 0) is 11.2 Å². The summed E-state index contributed by atoms with van der Waals surface area (Å²) in [5.74, 6) is -0.0258. The number of nitrogens with one attached hydrogen (secondary N) is 1. The molecule has 1 atom stereocenters. The van der Waals surface area contributed by atoms with Crippen LogP contribution in [0.2, 0.25) is 0 Å². The Morgan fingerprint density at radius 1 is 1.30 bits per heavy atom. The van der Waals surface area contributed by atoms with Crippen molar-refractivity contribution in [2.75, 3.05) is 6.54 Å². The molecule has 0 aliphatic rings. The normalized spacial score (nSPS) is 12.1. The Hall–Kier alpha value is -1.65. The number of aliphatic hydroxyl groups is 1. The molecule has 106 valence electrons. The lowest BCUT2D eigenvalue weighted by molar-refractivity contribution is -0.121. The first-order chi connectivity index (χ1) is 9.66. The molecule has 1 aromatic heterocycles. The second-order valence-corrected chi connectivity index (χ2v) is 5.72. The summed E-state index contributed by atoms with van der Waals surface area (Å²) >= 11 is 1.52. The standard InChI is InChI=1S/C16H19NO2S/c1-12-9-10-20-16(12)14(18)11-17-15(19)8-7-13-5-3-2-4-6-13/h2-6,9-10,14,18H,7-8,11H2,1H3,(H,17,19)/t14-/m0/s1. The van der Waals surface area contributed by atoms with Gasteiger partial charge in [-0.05, 0) is 35.9 Å². The highest BCUT2D eigenvalue weighted by molar-refractivity contribution is 7.10. The van der Waals surface area contributed by atoms with E-state index in [0.29, 0.717) is 6.42 Å². The Morgan fingerprint density at radius 3 is 2.70 bits per heavy atom. The van der Waals surface area contributed by atoms with E-state index in [1.807, 2.05) is 48.7 Å². The molecule has 0 unspecified atom stereocenters. The molecule has 0 bridgehead atoms. The van der Waals surface area contributed by atoms with E-state index < -0.39 is 6.10 Å². The number of carbonyl (C=O) groups is 1. The summed E-state index contributed by atoms with van der Waals surface area (Å²) < 4.78 is 0. The van der Waals surface area contributed by atoms with Crippen molar-refractivity contribution in [2.45, 2.75) is 25.9 Å². The maximum absolute atomic E-state index is 11.8. The highest BCUT2D eigenvalue weighted by Gasteiger charge is 2.12. The average Bonchev–Trinajstić information content (AvgIpc) is 2.90. The van der Waals surface area contributed by atoms with E-state index >= 15 is 0 Å². The third kappa shape index (κ3) is 4.18. The van der Waals surface area contributed by atoms with Crippen molar-refractivity contribution in [3.63, 3.8) is 0 Å². The Kier molecular flexibility index (Phi) is 5.32. The Morgan fingerprint density at radius 2 is 2.05 bits per heavy atom. The second kappa shape index (κ2) is 7.22. The zero-order valence-electron chi connectivity index (χ0n) is 11.5. The van der Waals surface area contributed by atoms with Crippen LogP contribution in [0.1, 0.15) is 28.5 Å². The smallest absolute Gasteiger partial charge is 0.220 e. The maximum atomic E-state index is 11.8. The molecule has 1 heterocycles. The van der Waals surface area contributed by atoms with Gasteiger partial charge < -0.3 is 10.4 Å². The van der Waals surface area contributed by atoms with Crippen LogP contribution in [-0.4, -0.2) is 17.6 Å². The highest BCUT2D eigenvalue weighted by atomic mass is 32.1. The predicted molar refractivity (Wildman–Crippen MR) is 81.8 cm³/mol. The van der Waals surface area contributed by atoms with Crippen molar-refractivity contribution in [3.8, 4) is 0 Å². The van der Waals surface area contributed by atoms with Crippen LogP contribution in [0, 0.1) is 6.92 Å². The molecular weight excluding hydrogens is 270 g/mol. The molecule has 0 spiro atoms. The van der Waals surface area contributed by atoms with Crippen molar-refractivity contribution in [3.05, 3.63) is 57.8 Å². The molecule has 1 aromatic carbocycles. The molecule has 20 heavy (non-hydrogen) atoms. The largest absolute Gasteiger partial charge is 0.386 e. The predicted octanol–water partition coefficient (Wildman–Crippen LogP) is 2.84. The van der Waals surface area contributed by atoms with Gasteiger partial charge in [-0.1, -0.05) is 30.3 Å². The Balaban J connectivity index is 1.74. The SMILES string of the molecule is Cc1ccsc1[C@@H](O)CNC(=O)CCc1ccccc1. The summed E-state index contributed by atoms with van der Waals surface area (Å²) in [6.45, 7) is 2.24. The quantitative estimate of drug-likeness (QED) is 0.859. The van der Waals surface area contributed by atoms with E-state index in [0.717, 1.165) is 22.4 Å². The number of thiophene rings is 1. The monoisotopic (exact) mass is 289 g/mol. The summed E-state index contributed by atoms with van der Waals surface area (Å²) in [7, 11) is 0. The molecule has 0 radical (unpaired) electrons. The summed E-state index contributed by atoms with van der Waals surface area (Å²) in [6, 6.07) is 11.9. The fourth-order valence-electron chi connectivity index (χ4n) is 2.02. The summed E-state index contributed by atoms with van der Waals surface area (Å²) in [5.41, 5.74) is 2.22. The highest BCUT2D eigenvalue weighted by Crippen LogP contribution is 2.23. The zero-order valence-corrected chi connectivity index (χ0v) is 12.3. The second-order valence-electron chi connectivity index (χ2n) is 4.77. The lowest BCUT2D eigenvalue weighted by atomic mass is 10.1. The van der Waals surface area contributed by atoms with Gasteiger partial charge in [0.25, 0.3) is 0 Å². The van der Waals surface area contributed by atoms with Crippen molar-refractivity contribution in [1.29, 1.82) is 0 Å². The fourth-order valence-corrected chi connectivity index (χ4v) is 2.93. The number of hydrogen-bond acceptors (Lipinski definition) is 3. The van der Waals surface area contributed by atoms with Crippen molar-refractivity contribution < 1.29 is 9.90 Å². The maximum Gasteiger partial charge on any atom is 0.220 e. The lowest BCUT2D eigenvalue weighted by Gasteiger charge is -2.11. The minimum atomic E-state index is -0.615. The molecule has 0 aliphatic carbocycles. The first kappa shape index (κ1) is 14.8. The topological polar surface area (TPSA) is 49.3 Å². The molecule has 3 nitrogen and oxygen atoms in total. The molecule has 4 heteroatoms. The molecular formula is C16H19NO2S. The molecule has 2 rings (SSSR count). The molecule has 0 saturated carbocycles. The number of aliphatic hydroxyl groups excluding tert-OH is 1. The lowest BCUT2D eigenvalue weighted by Crippen LogP contribution is -2.28. The van der Waals surface area contributed by atoms with Gasteiger partial charge in [0.15, 0.2) is 0 Å². The minimum Gasteiger partial charge on any atom is -0.386 e. The number of rotatable bonds is 6. The third-order valence-electron chi connectivity index (χ3n) is 3.18. The van der Waals surface area contributed by atoms with E-state index in [9.17, 15) is 9.90 Å². The number of benzene rings is 1. The fraction of sp³-hybridized carbons (Fsp3) is 0.312. The molecule has 0 aliphatic heterocycles. The molecule has 1 amide bonds. The molecule has 2 aromatic rings. The zero-order chi connectivity index (χ0) is 14.4. The number of amides is 1.